The molecule has 0 spiro atoms. The number of aliphatic imine (C=N–C) groups is 1. The molecule has 1 aliphatic carbocycles. The topological polar surface area (TPSA) is 68.7 Å². The van der Waals surface area contributed by atoms with E-state index >= 15 is 0 Å². The van der Waals surface area contributed by atoms with Gasteiger partial charge in [-0.25, -0.2) is 4.99 Å². The number of amides is 2. The number of ether oxygens (including phenoxy) is 1. The van der Waals surface area contributed by atoms with Crippen LogP contribution in [0.15, 0.2) is 47.1 Å². The molecule has 0 N–H and O–H groups in total. The van der Waals surface area contributed by atoms with Gasteiger partial charge < -0.3 is 19.4 Å². The lowest BCUT2D eigenvalue weighted by atomic mass is 9.93. The molecule has 1 unspecified atom stereocenters. The normalized spacial score (nSPS) is 21.6. The van der Waals surface area contributed by atoms with E-state index in [1.165, 1.54) is 16.8 Å². The smallest absolute Gasteiger partial charge is 0.241 e. The van der Waals surface area contributed by atoms with Crippen molar-refractivity contribution in [3.8, 4) is 0 Å². The minimum Gasteiger partial charge on any atom is -0.378 e. The number of hydrogen-bond donors (Lipinski definition) is 0. The number of allylic oxidation sites excluding steroid dienone is 2. The van der Waals surface area contributed by atoms with Crippen LogP contribution in [0.5, 0.6) is 0 Å². The molecule has 39 heavy (non-hydrogen) atoms. The number of thiocarbonyl (C=S) groups is 1. The van der Waals surface area contributed by atoms with Crippen molar-refractivity contribution in [2.45, 2.75) is 39.5 Å². The molecule has 3 aliphatic heterocycles. The standard InChI is InChI=1S/C30H39N5O3S/c1-22-7-6-8-27(23(22)2)33-13-15-34(16-14-33)28(36)9-4-3-5-12-35-29(37)25-21-24(32-17-19-38-20-18-32)10-11-26(25)31-30(35)39/h6-8,10-11,21,25H,3-5,9,12-20H2,1-2H3. The summed E-state index contributed by atoms with van der Waals surface area (Å²) >= 11 is 5.46. The number of anilines is 1. The molecular weight excluding hydrogens is 510 g/mol. The molecule has 0 saturated carbocycles. The van der Waals surface area contributed by atoms with Gasteiger partial charge in [0.05, 0.1) is 18.9 Å². The zero-order valence-corrected chi connectivity index (χ0v) is 23.9. The van der Waals surface area contributed by atoms with Crippen LogP contribution in [0.2, 0.25) is 0 Å². The first-order chi connectivity index (χ1) is 18.9. The summed E-state index contributed by atoms with van der Waals surface area (Å²) in [5.74, 6) is -0.162. The summed E-state index contributed by atoms with van der Waals surface area (Å²) in [6.45, 7) is 11.2. The van der Waals surface area contributed by atoms with Crippen LogP contribution in [0.3, 0.4) is 0 Å². The second-order valence-electron chi connectivity index (χ2n) is 10.7. The van der Waals surface area contributed by atoms with E-state index in [4.69, 9.17) is 17.0 Å². The maximum atomic E-state index is 13.3. The average molecular weight is 550 g/mol. The third-order valence-electron chi connectivity index (χ3n) is 8.27. The minimum absolute atomic E-state index is 0.00194. The van der Waals surface area contributed by atoms with E-state index in [1.807, 2.05) is 23.1 Å². The van der Waals surface area contributed by atoms with Gasteiger partial charge in [0.25, 0.3) is 0 Å². The highest BCUT2D eigenvalue weighted by atomic mass is 32.1. The summed E-state index contributed by atoms with van der Waals surface area (Å²) in [7, 11) is 0. The number of unbranched alkanes of at least 4 members (excludes halogenated alkanes) is 2. The largest absolute Gasteiger partial charge is 0.378 e. The lowest BCUT2D eigenvalue weighted by Gasteiger charge is -2.37. The highest BCUT2D eigenvalue weighted by Gasteiger charge is 2.35. The number of aryl methyl sites for hydroxylation is 1. The number of morpholine rings is 1. The number of hydrogen-bond acceptors (Lipinski definition) is 6. The van der Waals surface area contributed by atoms with Gasteiger partial charge >= 0.3 is 0 Å². The fourth-order valence-corrected chi connectivity index (χ4v) is 6.00. The van der Waals surface area contributed by atoms with Gasteiger partial charge in [0.1, 0.15) is 5.92 Å². The predicted octanol–water partition coefficient (Wildman–Crippen LogP) is 3.48. The average Bonchev–Trinajstić information content (AvgIpc) is 2.96. The summed E-state index contributed by atoms with van der Waals surface area (Å²) in [5.41, 5.74) is 5.67. The number of carbonyl (C=O) groups is 2. The van der Waals surface area contributed by atoms with Crippen molar-refractivity contribution in [1.82, 2.24) is 14.7 Å². The quantitative estimate of drug-likeness (QED) is 0.365. The van der Waals surface area contributed by atoms with Gasteiger partial charge in [0.15, 0.2) is 0 Å². The summed E-state index contributed by atoms with van der Waals surface area (Å²) in [5, 5.41) is 0.344. The highest BCUT2D eigenvalue weighted by molar-refractivity contribution is 7.80. The van der Waals surface area contributed by atoms with E-state index in [9.17, 15) is 9.59 Å². The molecular formula is C30H39N5O3S. The molecule has 0 bridgehead atoms. The molecule has 2 amide bonds. The maximum Gasteiger partial charge on any atom is 0.241 e. The third-order valence-corrected chi connectivity index (χ3v) is 8.58. The van der Waals surface area contributed by atoms with Crippen molar-refractivity contribution in [2.75, 3.05) is 63.9 Å². The van der Waals surface area contributed by atoms with Gasteiger partial charge in [-0.3, -0.25) is 14.5 Å². The first kappa shape index (κ1) is 27.5. The Morgan fingerprint density at radius 1 is 1.00 bits per heavy atom. The number of fused-ring (bicyclic) bond motifs is 1. The van der Waals surface area contributed by atoms with E-state index in [-0.39, 0.29) is 17.7 Å². The van der Waals surface area contributed by atoms with Crippen molar-refractivity contribution < 1.29 is 14.3 Å². The Bertz CT molecular complexity index is 1190. The molecule has 208 valence electrons. The van der Waals surface area contributed by atoms with Crippen LogP contribution in [-0.4, -0.2) is 96.4 Å². The van der Waals surface area contributed by atoms with Crippen molar-refractivity contribution in [1.29, 1.82) is 0 Å². The second-order valence-corrected chi connectivity index (χ2v) is 11.1. The van der Waals surface area contributed by atoms with Crippen LogP contribution in [0.4, 0.5) is 5.69 Å². The molecule has 1 aromatic carbocycles. The Morgan fingerprint density at radius 2 is 1.77 bits per heavy atom. The van der Waals surface area contributed by atoms with Crippen LogP contribution in [0, 0.1) is 19.8 Å². The van der Waals surface area contributed by atoms with Gasteiger partial charge in [-0.15, -0.1) is 0 Å². The summed E-state index contributed by atoms with van der Waals surface area (Å²) in [6.07, 6.45) is 8.98. The summed E-state index contributed by atoms with van der Waals surface area (Å²) < 4.78 is 5.46. The van der Waals surface area contributed by atoms with Gasteiger partial charge in [-0.1, -0.05) is 18.6 Å². The number of rotatable bonds is 8. The van der Waals surface area contributed by atoms with Crippen molar-refractivity contribution in [2.24, 2.45) is 10.9 Å². The molecule has 9 heteroatoms. The van der Waals surface area contributed by atoms with E-state index in [2.05, 4.69) is 46.8 Å². The number of nitrogens with zero attached hydrogens (tertiary/aromatic N) is 5. The zero-order chi connectivity index (χ0) is 27.4. The fraction of sp³-hybridized carbons (Fsp3) is 0.533. The van der Waals surface area contributed by atoms with Crippen molar-refractivity contribution in [3.05, 3.63) is 53.3 Å². The monoisotopic (exact) mass is 549 g/mol. The Balaban J connectivity index is 1.05. The predicted molar refractivity (Wildman–Crippen MR) is 158 cm³/mol. The van der Waals surface area contributed by atoms with Gasteiger partial charge in [-0.05, 0) is 74.3 Å². The minimum atomic E-state index is -0.386. The summed E-state index contributed by atoms with van der Waals surface area (Å²) in [4.78, 5) is 39.0. The van der Waals surface area contributed by atoms with Crippen LogP contribution < -0.4 is 4.90 Å². The fourth-order valence-electron chi connectivity index (χ4n) is 5.72. The van der Waals surface area contributed by atoms with Crippen molar-refractivity contribution >= 4 is 40.5 Å². The molecule has 1 aromatic rings. The molecule has 1 atom stereocenters. The number of piperazine rings is 1. The molecule has 2 fully saturated rings. The molecule has 3 heterocycles. The lowest BCUT2D eigenvalue weighted by Crippen LogP contribution is -2.49. The van der Waals surface area contributed by atoms with E-state index in [1.54, 1.807) is 4.90 Å². The Morgan fingerprint density at radius 3 is 2.54 bits per heavy atom. The Hall–Kier alpha value is -3.04. The van der Waals surface area contributed by atoms with Crippen molar-refractivity contribution in [3.63, 3.8) is 0 Å². The van der Waals surface area contributed by atoms with Crippen LogP contribution >= 0.6 is 12.2 Å². The summed E-state index contributed by atoms with van der Waals surface area (Å²) in [6, 6.07) is 6.43. The molecule has 0 aromatic heterocycles. The van der Waals surface area contributed by atoms with E-state index in [0.717, 1.165) is 69.9 Å². The number of benzene rings is 1. The van der Waals surface area contributed by atoms with E-state index in [0.29, 0.717) is 31.3 Å². The SMILES string of the molecule is Cc1cccc(N2CCN(C(=O)CCCCCN3C(=O)C4C=C(N5CCOCC5)C=CC4=NC3=S)CC2)c1C. The van der Waals surface area contributed by atoms with Crippen LogP contribution in [0.25, 0.3) is 0 Å². The zero-order valence-electron chi connectivity index (χ0n) is 23.1. The van der Waals surface area contributed by atoms with E-state index < -0.39 is 0 Å². The molecule has 2 saturated heterocycles. The Kier molecular flexibility index (Phi) is 8.77. The lowest BCUT2D eigenvalue weighted by molar-refractivity contribution is -0.132. The van der Waals surface area contributed by atoms with Crippen LogP contribution in [0.1, 0.15) is 36.8 Å². The number of carbonyl (C=O) groups excluding carboxylic acids is 2. The van der Waals surface area contributed by atoms with Crippen LogP contribution in [-0.2, 0) is 14.3 Å². The Labute approximate surface area is 237 Å². The highest BCUT2D eigenvalue weighted by Crippen LogP contribution is 2.26. The first-order valence-corrected chi connectivity index (χ1v) is 14.6. The van der Waals surface area contributed by atoms with Gasteiger partial charge in [0, 0.05) is 63.6 Å². The second kappa shape index (κ2) is 12.4. The maximum absolute atomic E-state index is 13.3. The van der Waals surface area contributed by atoms with Gasteiger partial charge in [0.2, 0.25) is 16.9 Å². The molecule has 4 aliphatic rings. The third kappa shape index (κ3) is 6.25. The molecule has 0 radical (unpaired) electrons. The molecule has 5 rings (SSSR count). The van der Waals surface area contributed by atoms with Gasteiger partial charge in [-0.2, -0.15) is 0 Å². The molecule has 8 nitrogen and oxygen atoms in total. The first-order valence-electron chi connectivity index (χ1n) is 14.2.